The zero-order valence-electron chi connectivity index (χ0n) is 26.2. The van der Waals surface area contributed by atoms with Crippen molar-refractivity contribution in [2.24, 2.45) is 0 Å². The van der Waals surface area contributed by atoms with E-state index in [2.05, 4.69) is 199 Å². The van der Waals surface area contributed by atoms with Gasteiger partial charge in [-0.25, -0.2) is 0 Å². The van der Waals surface area contributed by atoms with Gasteiger partial charge in [0, 0.05) is 40.9 Å². The van der Waals surface area contributed by atoms with Crippen LogP contribution in [0.3, 0.4) is 0 Å². The molecule has 0 aliphatic carbocycles. The van der Waals surface area contributed by atoms with Crippen LogP contribution in [0.5, 0.6) is 0 Å². The smallest absolute Gasteiger partial charge is 0.0462 e. The molecule has 0 bridgehead atoms. The number of allylic oxidation sites excluding steroid dienone is 3. The molecule has 1 atom stereocenters. The third kappa shape index (κ3) is 6.16. The Bertz CT molecular complexity index is 1920. The summed E-state index contributed by atoms with van der Waals surface area (Å²) >= 11 is 0. The fourth-order valence-electron chi connectivity index (χ4n) is 6.36. The third-order valence-electron chi connectivity index (χ3n) is 8.72. The molecule has 0 amide bonds. The Labute approximate surface area is 273 Å². The number of benzene rings is 6. The van der Waals surface area contributed by atoms with Crippen LogP contribution in [0.2, 0.25) is 0 Å². The maximum absolute atomic E-state index is 2.45. The largest absolute Gasteiger partial charge is 0.340 e. The van der Waals surface area contributed by atoms with Crippen LogP contribution in [0, 0.1) is 0 Å². The van der Waals surface area contributed by atoms with E-state index in [1.165, 1.54) is 39.2 Å². The number of hydrogen-bond donors (Lipinski definition) is 0. The molecule has 0 radical (unpaired) electrons. The molecule has 224 valence electrons. The van der Waals surface area contributed by atoms with Crippen molar-refractivity contribution < 1.29 is 0 Å². The van der Waals surface area contributed by atoms with Crippen LogP contribution in [-0.4, -0.2) is 6.54 Å². The first-order valence-electron chi connectivity index (χ1n) is 16.2. The van der Waals surface area contributed by atoms with E-state index in [-0.39, 0.29) is 0 Å². The van der Waals surface area contributed by atoms with Gasteiger partial charge < -0.3 is 9.80 Å². The molecule has 2 heteroatoms. The summed E-state index contributed by atoms with van der Waals surface area (Å²) in [5.41, 5.74) is 12.1. The zero-order valence-corrected chi connectivity index (χ0v) is 26.2. The summed E-state index contributed by atoms with van der Waals surface area (Å²) in [7, 11) is 0. The first kappa shape index (κ1) is 29.1. The molecule has 2 nitrogen and oxygen atoms in total. The molecule has 0 N–H and O–H groups in total. The minimum Gasteiger partial charge on any atom is -0.340 e. The Morgan fingerprint density at radius 1 is 0.543 bits per heavy atom. The van der Waals surface area contributed by atoms with E-state index in [0.29, 0.717) is 5.92 Å². The highest BCUT2D eigenvalue weighted by atomic mass is 15.2. The summed E-state index contributed by atoms with van der Waals surface area (Å²) in [5.74, 6) is 0.382. The van der Waals surface area contributed by atoms with Gasteiger partial charge in [-0.3, -0.25) is 0 Å². The van der Waals surface area contributed by atoms with Crippen LogP contribution in [-0.2, 0) is 0 Å². The van der Waals surface area contributed by atoms with Crippen LogP contribution in [0.1, 0.15) is 24.8 Å². The Morgan fingerprint density at radius 3 is 1.65 bits per heavy atom. The Morgan fingerprint density at radius 2 is 1.04 bits per heavy atom. The molecule has 0 saturated carbocycles. The summed E-state index contributed by atoms with van der Waals surface area (Å²) in [6.07, 6.45) is 9.94. The first-order chi connectivity index (χ1) is 22.8. The fraction of sp³-hybridized carbons (Fsp3) is 0.0909. The quantitative estimate of drug-likeness (QED) is 0.154. The first-order valence-corrected chi connectivity index (χ1v) is 16.2. The number of hydrogen-bond acceptors (Lipinski definition) is 2. The van der Waals surface area contributed by atoms with Crippen molar-refractivity contribution in [3.63, 3.8) is 0 Å². The summed E-state index contributed by atoms with van der Waals surface area (Å²) in [4.78, 5) is 4.76. The molecule has 0 spiro atoms. The van der Waals surface area contributed by atoms with Crippen LogP contribution < -0.4 is 9.80 Å². The van der Waals surface area contributed by atoms with Gasteiger partial charge in [-0.15, -0.1) is 0 Å². The highest BCUT2D eigenvalue weighted by Crippen LogP contribution is 2.42. The van der Waals surface area contributed by atoms with Crippen molar-refractivity contribution >= 4 is 28.4 Å². The molecule has 0 saturated heterocycles. The van der Waals surface area contributed by atoms with Crippen LogP contribution in [0.4, 0.5) is 28.4 Å². The molecular formula is C44H38N2. The van der Waals surface area contributed by atoms with Gasteiger partial charge in [-0.1, -0.05) is 134 Å². The highest BCUT2D eigenvalue weighted by molar-refractivity contribution is 5.80. The number of fused-ring (bicyclic) bond motifs is 1. The van der Waals surface area contributed by atoms with Crippen molar-refractivity contribution in [1.29, 1.82) is 0 Å². The molecule has 1 heterocycles. The number of anilines is 5. The second kappa shape index (κ2) is 13.6. The predicted molar refractivity (Wildman–Crippen MR) is 197 cm³/mol. The van der Waals surface area contributed by atoms with E-state index in [1.54, 1.807) is 0 Å². The predicted octanol–water partition coefficient (Wildman–Crippen LogP) is 12.2. The van der Waals surface area contributed by atoms with E-state index in [0.717, 1.165) is 30.0 Å². The second-order valence-corrected chi connectivity index (χ2v) is 11.7. The molecule has 0 aromatic heterocycles. The SMILES string of the molecule is CC/C=C\C=C/C1CN(c2ccc(-c3ccc(N(c4ccccc4)c4ccc(-c5ccccc5)cc4)cc3)cc2)c2ccccc21. The molecule has 1 aliphatic heterocycles. The van der Waals surface area contributed by atoms with E-state index in [1.807, 2.05) is 0 Å². The molecule has 7 rings (SSSR count). The van der Waals surface area contributed by atoms with Crippen molar-refractivity contribution in [3.05, 3.63) is 188 Å². The monoisotopic (exact) mass is 594 g/mol. The van der Waals surface area contributed by atoms with Crippen LogP contribution in [0.25, 0.3) is 22.3 Å². The summed E-state index contributed by atoms with van der Waals surface area (Å²) < 4.78 is 0. The van der Waals surface area contributed by atoms with E-state index in [4.69, 9.17) is 0 Å². The maximum Gasteiger partial charge on any atom is 0.0462 e. The standard InChI is InChI=1S/C44H38N2/c1-2-3-4-7-16-38-33-45(44-20-13-12-19-43(38)44)39-27-21-36(22-28-39)37-25-31-42(32-26-37)46(40-17-10-6-11-18-40)41-29-23-35(24-30-41)34-14-8-5-9-15-34/h3-32,38H,2,33H2,1H3/b4-3-,16-7-. The highest BCUT2D eigenvalue weighted by Gasteiger charge is 2.27. The van der Waals surface area contributed by atoms with Gasteiger partial charge in [0.25, 0.3) is 0 Å². The molecule has 1 unspecified atom stereocenters. The molecule has 0 fully saturated rings. The molecule has 46 heavy (non-hydrogen) atoms. The van der Waals surface area contributed by atoms with Gasteiger partial charge >= 0.3 is 0 Å². The molecule has 6 aromatic carbocycles. The molecule has 1 aliphatic rings. The Hall–Kier alpha value is -5.60. The Kier molecular flexibility index (Phi) is 8.60. The lowest BCUT2D eigenvalue weighted by Crippen LogP contribution is -2.14. The summed E-state index contributed by atoms with van der Waals surface area (Å²) in [6.45, 7) is 3.12. The van der Waals surface area contributed by atoms with Crippen molar-refractivity contribution in [1.82, 2.24) is 0 Å². The van der Waals surface area contributed by atoms with E-state index >= 15 is 0 Å². The van der Waals surface area contributed by atoms with Crippen LogP contribution in [0.15, 0.2) is 182 Å². The van der Waals surface area contributed by atoms with Crippen molar-refractivity contribution in [2.45, 2.75) is 19.3 Å². The van der Waals surface area contributed by atoms with Gasteiger partial charge in [0.2, 0.25) is 0 Å². The zero-order chi connectivity index (χ0) is 31.1. The lowest BCUT2D eigenvalue weighted by molar-refractivity contribution is 0.890. The van der Waals surface area contributed by atoms with Gasteiger partial charge in [-0.2, -0.15) is 0 Å². The topological polar surface area (TPSA) is 6.48 Å². The lowest BCUT2D eigenvalue weighted by Gasteiger charge is -2.26. The third-order valence-corrected chi connectivity index (χ3v) is 8.72. The maximum atomic E-state index is 2.45. The van der Waals surface area contributed by atoms with E-state index < -0.39 is 0 Å². The van der Waals surface area contributed by atoms with Gasteiger partial charge in [-0.05, 0) is 88.8 Å². The summed E-state index contributed by atoms with van der Waals surface area (Å²) in [5, 5.41) is 0. The van der Waals surface area contributed by atoms with Gasteiger partial charge in [0.1, 0.15) is 0 Å². The fourth-order valence-corrected chi connectivity index (χ4v) is 6.36. The number of nitrogens with zero attached hydrogens (tertiary/aromatic N) is 2. The minimum atomic E-state index is 0.382. The molecular weight excluding hydrogens is 556 g/mol. The van der Waals surface area contributed by atoms with Crippen molar-refractivity contribution in [3.8, 4) is 22.3 Å². The van der Waals surface area contributed by atoms with E-state index in [9.17, 15) is 0 Å². The average molecular weight is 595 g/mol. The number of rotatable bonds is 9. The lowest BCUT2D eigenvalue weighted by atomic mass is 10.0. The minimum absolute atomic E-state index is 0.382. The second-order valence-electron chi connectivity index (χ2n) is 11.7. The van der Waals surface area contributed by atoms with Gasteiger partial charge in [0.15, 0.2) is 0 Å². The number of para-hydroxylation sites is 2. The van der Waals surface area contributed by atoms with Crippen molar-refractivity contribution in [2.75, 3.05) is 16.3 Å². The average Bonchev–Trinajstić information content (AvgIpc) is 3.50. The van der Waals surface area contributed by atoms with Crippen LogP contribution >= 0.6 is 0 Å². The van der Waals surface area contributed by atoms with Gasteiger partial charge in [0.05, 0.1) is 0 Å². The Balaban J connectivity index is 1.13. The molecule has 6 aromatic rings. The summed E-state index contributed by atoms with van der Waals surface area (Å²) in [6, 6.07) is 56.7. The normalized spacial score (nSPS) is 14.2.